The Kier molecular flexibility index (Phi) is 3.81. The van der Waals surface area contributed by atoms with Crippen molar-refractivity contribution < 1.29 is 4.79 Å². The first-order chi connectivity index (χ1) is 11.3. The number of amides is 1. The highest BCUT2D eigenvalue weighted by molar-refractivity contribution is 5.93. The molecule has 2 fully saturated rings. The zero-order valence-electron chi connectivity index (χ0n) is 13.1. The molecular weight excluding hydrogens is 290 g/mol. The van der Waals surface area contributed by atoms with E-state index in [0.29, 0.717) is 17.4 Å². The smallest absolute Gasteiger partial charge is 0.272 e. The molecule has 2 aliphatic rings. The third kappa shape index (κ3) is 2.85. The van der Waals surface area contributed by atoms with Crippen molar-refractivity contribution in [2.45, 2.75) is 32.1 Å². The molecule has 120 valence electrons. The number of nitrogens with zero attached hydrogens (tertiary/aromatic N) is 5. The minimum Gasteiger partial charge on any atom is -0.337 e. The minimum absolute atomic E-state index is 0.0269. The number of hydrogen-bond donors (Lipinski definition) is 0. The summed E-state index contributed by atoms with van der Waals surface area (Å²) in [6, 6.07) is 5.44. The van der Waals surface area contributed by atoms with Crippen LogP contribution in [0.3, 0.4) is 0 Å². The predicted octanol–water partition coefficient (Wildman–Crippen LogP) is 2.31. The van der Waals surface area contributed by atoms with Crippen LogP contribution in [0.1, 0.15) is 42.6 Å². The molecule has 2 aromatic rings. The van der Waals surface area contributed by atoms with Gasteiger partial charge in [-0.05, 0) is 24.0 Å². The molecule has 0 unspecified atom stereocenters. The Morgan fingerprint density at radius 1 is 1.09 bits per heavy atom. The lowest BCUT2D eigenvalue weighted by molar-refractivity contribution is 0.0299. The molecule has 4 rings (SSSR count). The number of carbonyl (C=O) groups excluding carboxylic acids is 1. The Morgan fingerprint density at radius 3 is 2.65 bits per heavy atom. The molecule has 6 nitrogen and oxygen atoms in total. The third-order valence-corrected chi connectivity index (χ3v) is 5.12. The second-order valence-electron chi connectivity index (χ2n) is 6.59. The predicted molar refractivity (Wildman–Crippen MR) is 85.1 cm³/mol. The first-order valence-corrected chi connectivity index (χ1v) is 8.42. The third-order valence-electron chi connectivity index (χ3n) is 5.12. The molecular formula is C17H21N5O. The Hall–Kier alpha value is -2.24. The average Bonchev–Trinajstić information content (AvgIpc) is 3.09. The van der Waals surface area contributed by atoms with Gasteiger partial charge in [0.1, 0.15) is 18.3 Å². The molecule has 1 amide bonds. The summed E-state index contributed by atoms with van der Waals surface area (Å²) in [5, 5.41) is 4.06. The quantitative estimate of drug-likeness (QED) is 0.872. The summed E-state index contributed by atoms with van der Waals surface area (Å²) in [7, 11) is 0. The second-order valence-corrected chi connectivity index (χ2v) is 6.59. The molecule has 2 aromatic heterocycles. The maximum atomic E-state index is 12.6. The maximum Gasteiger partial charge on any atom is 0.272 e. The van der Waals surface area contributed by atoms with E-state index >= 15 is 0 Å². The van der Waals surface area contributed by atoms with Crippen LogP contribution in [-0.2, 0) is 0 Å². The van der Waals surface area contributed by atoms with Crippen LogP contribution in [0, 0.1) is 11.8 Å². The van der Waals surface area contributed by atoms with Crippen molar-refractivity contribution in [1.29, 1.82) is 0 Å². The molecule has 0 radical (unpaired) electrons. The highest BCUT2D eigenvalue weighted by atomic mass is 16.2. The fourth-order valence-corrected chi connectivity index (χ4v) is 3.74. The molecule has 1 saturated carbocycles. The number of rotatable bonds is 3. The van der Waals surface area contributed by atoms with Gasteiger partial charge < -0.3 is 4.90 Å². The molecule has 0 atom stereocenters. The average molecular weight is 311 g/mol. The van der Waals surface area contributed by atoms with E-state index < -0.39 is 0 Å². The van der Waals surface area contributed by atoms with Crippen LogP contribution in [0.4, 0.5) is 0 Å². The zero-order valence-corrected chi connectivity index (χ0v) is 13.1. The number of aromatic nitrogens is 4. The van der Waals surface area contributed by atoms with Gasteiger partial charge in [0.25, 0.3) is 5.91 Å². The number of likely N-dealkylation sites (tertiary alicyclic amines) is 1. The van der Waals surface area contributed by atoms with Gasteiger partial charge in [0, 0.05) is 13.1 Å². The van der Waals surface area contributed by atoms with Gasteiger partial charge in [0.15, 0.2) is 5.82 Å². The van der Waals surface area contributed by atoms with Crippen molar-refractivity contribution >= 4 is 5.91 Å². The zero-order chi connectivity index (χ0) is 15.6. The molecule has 23 heavy (non-hydrogen) atoms. The summed E-state index contributed by atoms with van der Waals surface area (Å²) >= 11 is 0. The van der Waals surface area contributed by atoms with E-state index in [4.69, 9.17) is 0 Å². The van der Waals surface area contributed by atoms with E-state index in [9.17, 15) is 4.79 Å². The van der Waals surface area contributed by atoms with Crippen molar-refractivity contribution in [3.8, 4) is 5.82 Å². The molecule has 1 saturated heterocycles. The second kappa shape index (κ2) is 6.10. The molecule has 3 heterocycles. The van der Waals surface area contributed by atoms with Gasteiger partial charge in [-0.15, -0.1) is 0 Å². The standard InChI is InChI=1S/C17H21N5O/c23-17(21-9-14(10-21)13-5-2-1-3-6-13)15-7-4-8-16(20-15)22-12-18-11-19-22/h4,7-8,11-14H,1-3,5-6,9-10H2. The lowest BCUT2D eigenvalue weighted by Gasteiger charge is -2.44. The van der Waals surface area contributed by atoms with E-state index in [1.807, 2.05) is 17.0 Å². The van der Waals surface area contributed by atoms with E-state index in [1.165, 1.54) is 38.4 Å². The van der Waals surface area contributed by atoms with Gasteiger partial charge in [-0.3, -0.25) is 4.79 Å². The number of carbonyl (C=O) groups is 1. The summed E-state index contributed by atoms with van der Waals surface area (Å²) in [6.45, 7) is 1.78. The SMILES string of the molecule is O=C(c1cccc(-n2cncn2)n1)N1CC(C2CCCCC2)C1. The van der Waals surface area contributed by atoms with E-state index in [0.717, 1.165) is 19.0 Å². The van der Waals surface area contributed by atoms with Gasteiger partial charge in [-0.2, -0.15) is 5.10 Å². The van der Waals surface area contributed by atoms with Gasteiger partial charge >= 0.3 is 0 Å². The van der Waals surface area contributed by atoms with E-state index in [-0.39, 0.29) is 5.91 Å². The lowest BCUT2D eigenvalue weighted by Crippen LogP contribution is -2.53. The van der Waals surface area contributed by atoms with Crippen LogP contribution in [0.2, 0.25) is 0 Å². The van der Waals surface area contributed by atoms with Crippen molar-refractivity contribution in [2.75, 3.05) is 13.1 Å². The minimum atomic E-state index is 0.0269. The molecule has 1 aliphatic carbocycles. The van der Waals surface area contributed by atoms with Crippen LogP contribution in [0.25, 0.3) is 5.82 Å². The summed E-state index contributed by atoms with van der Waals surface area (Å²) in [5.74, 6) is 2.16. The van der Waals surface area contributed by atoms with Crippen LogP contribution in [-0.4, -0.2) is 43.6 Å². The molecule has 0 spiro atoms. The fraction of sp³-hybridized carbons (Fsp3) is 0.529. The topological polar surface area (TPSA) is 63.9 Å². The largest absolute Gasteiger partial charge is 0.337 e. The molecule has 1 aliphatic heterocycles. The lowest BCUT2D eigenvalue weighted by atomic mass is 9.76. The van der Waals surface area contributed by atoms with Gasteiger partial charge in [-0.1, -0.05) is 38.2 Å². The molecule has 6 heteroatoms. The Labute approximate surface area is 135 Å². The summed E-state index contributed by atoms with van der Waals surface area (Å²) < 4.78 is 1.57. The summed E-state index contributed by atoms with van der Waals surface area (Å²) in [4.78, 5) is 22.9. The van der Waals surface area contributed by atoms with Gasteiger partial charge in [0.2, 0.25) is 0 Å². The normalized spacial score (nSPS) is 19.6. The van der Waals surface area contributed by atoms with Crippen LogP contribution >= 0.6 is 0 Å². The van der Waals surface area contributed by atoms with Crippen molar-refractivity contribution in [1.82, 2.24) is 24.6 Å². The Morgan fingerprint density at radius 2 is 1.91 bits per heavy atom. The highest BCUT2D eigenvalue weighted by Gasteiger charge is 2.37. The summed E-state index contributed by atoms with van der Waals surface area (Å²) in [5.41, 5.74) is 0.486. The molecule has 0 bridgehead atoms. The Balaban J connectivity index is 1.41. The summed E-state index contributed by atoms with van der Waals surface area (Å²) in [6.07, 6.45) is 9.82. The number of pyridine rings is 1. The van der Waals surface area contributed by atoms with Crippen LogP contribution in [0.15, 0.2) is 30.9 Å². The van der Waals surface area contributed by atoms with Crippen molar-refractivity contribution in [2.24, 2.45) is 11.8 Å². The highest BCUT2D eigenvalue weighted by Crippen LogP contribution is 2.35. The van der Waals surface area contributed by atoms with E-state index in [1.54, 1.807) is 17.1 Å². The van der Waals surface area contributed by atoms with Crippen LogP contribution < -0.4 is 0 Å². The molecule has 0 aromatic carbocycles. The molecule has 0 N–H and O–H groups in total. The monoisotopic (exact) mass is 311 g/mol. The first kappa shape index (κ1) is 14.4. The van der Waals surface area contributed by atoms with Gasteiger partial charge in [0.05, 0.1) is 0 Å². The van der Waals surface area contributed by atoms with Crippen molar-refractivity contribution in [3.63, 3.8) is 0 Å². The van der Waals surface area contributed by atoms with Crippen LogP contribution in [0.5, 0.6) is 0 Å². The van der Waals surface area contributed by atoms with Crippen molar-refractivity contribution in [3.05, 3.63) is 36.5 Å². The number of hydrogen-bond acceptors (Lipinski definition) is 4. The van der Waals surface area contributed by atoms with Gasteiger partial charge in [-0.25, -0.2) is 14.6 Å². The first-order valence-electron chi connectivity index (χ1n) is 8.42. The Bertz CT molecular complexity index is 672. The maximum absolute atomic E-state index is 12.6. The fourth-order valence-electron chi connectivity index (χ4n) is 3.74. The van der Waals surface area contributed by atoms with E-state index in [2.05, 4.69) is 15.1 Å².